The summed E-state index contributed by atoms with van der Waals surface area (Å²) >= 11 is 6.26. The molecule has 0 aliphatic carbocycles. The number of nitro benzene ring substituents is 1. The van der Waals surface area contributed by atoms with Crippen molar-refractivity contribution in [2.45, 2.75) is 13.5 Å². The van der Waals surface area contributed by atoms with Crippen LogP contribution in [0.2, 0.25) is 5.02 Å². The van der Waals surface area contributed by atoms with E-state index in [1.54, 1.807) is 67.7 Å². The van der Waals surface area contributed by atoms with Crippen LogP contribution in [0.3, 0.4) is 0 Å². The predicted molar refractivity (Wildman–Crippen MR) is 158 cm³/mol. The summed E-state index contributed by atoms with van der Waals surface area (Å²) in [6.07, 6.45) is 1.57. The molecule has 6 rings (SSSR count). The molecule has 0 saturated heterocycles. The van der Waals surface area contributed by atoms with Crippen molar-refractivity contribution in [3.05, 3.63) is 146 Å². The third kappa shape index (κ3) is 5.39. The number of fused-ring (bicyclic) bond motifs is 1. The van der Waals surface area contributed by atoms with Crippen molar-refractivity contribution in [2.75, 3.05) is 0 Å². The molecule has 0 atom stereocenters. The van der Waals surface area contributed by atoms with Gasteiger partial charge in [-0.05, 0) is 25.1 Å². The van der Waals surface area contributed by atoms with Crippen LogP contribution in [0.5, 0.6) is 5.75 Å². The summed E-state index contributed by atoms with van der Waals surface area (Å²) in [4.78, 5) is 38.0. The first kappa shape index (κ1) is 27.6. The van der Waals surface area contributed by atoms with Gasteiger partial charge in [0.2, 0.25) is 0 Å². The molecule has 10 nitrogen and oxygen atoms in total. The number of carbonyl (C=O) groups is 2. The Morgan fingerprint density at radius 3 is 2.21 bits per heavy atom. The Kier molecular flexibility index (Phi) is 7.27. The second kappa shape index (κ2) is 11.3. The number of rotatable bonds is 9. The molecule has 6 aromatic rings. The van der Waals surface area contributed by atoms with Gasteiger partial charge in [-0.25, -0.2) is 4.68 Å². The molecule has 0 radical (unpaired) electrons. The van der Waals surface area contributed by atoms with E-state index < -0.39 is 4.92 Å². The molecule has 0 aliphatic heterocycles. The van der Waals surface area contributed by atoms with Crippen molar-refractivity contribution < 1.29 is 23.7 Å². The van der Waals surface area contributed by atoms with Gasteiger partial charge in [-0.2, -0.15) is 0 Å². The number of benzene rings is 4. The molecular weight excluding hydrogens is 572 g/mol. The summed E-state index contributed by atoms with van der Waals surface area (Å²) in [7, 11) is 0. The Balaban J connectivity index is 1.41. The van der Waals surface area contributed by atoms with Crippen molar-refractivity contribution in [2.24, 2.45) is 0 Å². The Bertz CT molecular complexity index is 2020. The van der Waals surface area contributed by atoms with E-state index in [-0.39, 0.29) is 45.8 Å². The van der Waals surface area contributed by atoms with Crippen LogP contribution in [0.15, 0.2) is 102 Å². The van der Waals surface area contributed by atoms with Gasteiger partial charge >= 0.3 is 0 Å². The molecule has 0 amide bonds. The van der Waals surface area contributed by atoms with Crippen molar-refractivity contribution >= 4 is 39.8 Å². The normalized spacial score (nSPS) is 11.0. The lowest BCUT2D eigenvalue weighted by atomic mass is 9.94. The number of furan rings is 1. The highest BCUT2D eigenvalue weighted by Gasteiger charge is 2.26. The highest BCUT2D eigenvalue weighted by molar-refractivity contribution is 6.32. The summed E-state index contributed by atoms with van der Waals surface area (Å²) in [6.45, 7) is 1.66. The van der Waals surface area contributed by atoms with Crippen LogP contribution in [0, 0.1) is 17.0 Å². The molecule has 0 N–H and O–H groups in total. The largest absolute Gasteiger partial charge is 0.486 e. The number of non-ortho nitro benzene ring substituents is 1. The Hall–Kier alpha value is -5.61. The zero-order valence-electron chi connectivity index (χ0n) is 22.6. The van der Waals surface area contributed by atoms with Crippen molar-refractivity contribution in [3.8, 4) is 11.4 Å². The summed E-state index contributed by atoms with van der Waals surface area (Å²) in [5.74, 6) is 0.134. The van der Waals surface area contributed by atoms with Gasteiger partial charge in [-0.3, -0.25) is 19.7 Å². The number of nitro groups is 1. The predicted octanol–water partition coefficient (Wildman–Crippen LogP) is 6.92. The lowest BCUT2D eigenvalue weighted by Crippen LogP contribution is -2.10. The van der Waals surface area contributed by atoms with Gasteiger partial charge in [0, 0.05) is 23.3 Å². The van der Waals surface area contributed by atoms with E-state index in [0.29, 0.717) is 39.2 Å². The van der Waals surface area contributed by atoms with Crippen LogP contribution in [-0.2, 0) is 6.61 Å². The highest BCUT2D eigenvalue weighted by atomic mass is 35.5. The molecule has 43 heavy (non-hydrogen) atoms. The van der Waals surface area contributed by atoms with Crippen LogP contribution >= 0.6 is 11.6 Å². The lowest BCUT2D eigenvalue weighted by molar-refractivity contribution is -0.384. The first-order chi connectivity index (χ1) is 20.8. The number of halogens is 1. The highest BCUT2D eigenvalue weighted by Crippen LogP contribution is 2.38. The quantitative estimate of drug-likeness (QED) is 0.100. The molecule has 0 saturated carbocycles. The summed E-state index contributed by atoms with van der Waals surface area (Å²) < 4.78 is 13.6. The van der Waals surface area contributed by atoms with Crippen LogP contribution in [0.25, 0.3) is 16.7 Å². The van der Waals surface area contributed by atoms with Gasteiger partial charge in [0.05, 0.1) is 38.3 Å². The molecular formula is C32H21ClN4O6. The third-order valence-corrected chi connectivity index (χ3v) is 7.04. The zero-order valence-corrected chi connectivity index (χ0v) is 23.3. The van der Waals surface area contributed by atoms with Gasteiger partial charge in [0.25, 0.3) is 5.69 Å². The molecule has 2 aromatic heterocycles. The fourth-order valence-electron chi connectivity index (χ4n) is 4.71. The van der Waals surface area contributed by atoms with Gasteiger partial charge < -0.3 is 9.15 Å². The smallest absolute Gasteiger partial charge is 0.271 e. The summed E-state index contributed by atoms with van der Waals surface area (Å²) in [6, 6.07) is 24.7. The van der Waals surface area contributed by atoms with Crippen molar-refractivity contribution in [1.29, 1.82) is 0 Å². The number of hydrogen-bond acceptors (Lipinski definition) is 8. The molecule has 212 valence electrons. The molecule has 0 bridgehead atoms. The SMILES string of the molecule is Cc1cc2c(OCc3cn(-c4ccc([N+](=O)[O-])cc4Cl)nn3)c(C(=O)c3ccccc3)cc(C(=O)c3ccccc3)c2o1. The lowest BCUT2D eigenvalue weighted by Gasteiger charge is -2.14. The van der Waals surface area contributed by atoms with Crippen LogP contribution in [0.1, 0.15) is 43.3 Å². The Morgan fingerprint density at radius 1 is 0.930 bits per heavy atom. The van der Waals surface area contributed by atoms with Crippen LogP contribution < -0.4 is 4.74 Å². The van der Waals surface area contributed by atoms with Crippen molar-refractivity contribution in [1.82, 2.24) is 15.0 Å². The maximum absolute atomic E-state index is 13.8. The monoisotopic (exact) mass is 592 g/mol. The van der Waals surface area contributed by atoms with E-state index >= 15 is 0 Å². The minimum absolute atomic E-state index is 0.0923. The first-order valence-electron chi connectivity index (χ1n) is 13.0. The maximum atomic E-state index is 13.8. The number of aryl methyl sites for hydroxylation is 1. The van der Waals surface area contributed by atoms with E-state index in [9.17, 15) is 19.7 Å². The number of carbonyl (C=O) groups excluding carboxylic acids is 2. The van der Waals surface area contributed by atoms with Crippen LogP contribution in [0.4, 0.5) is 5.69 Å². The number of nitrogens with zero attached hydrogens (tertiary/aromatic N) is 4. The molecule has 0 aliphatic rings. The van der Waals surface area contributed by atoms with E-state index in [4.69, 9.17) is 20.8 Å². The summed E-state index contributed by atoms with van der Waals surface area (Å²) in [5, 5.41) is 19.9. The molecule has 0 unspecified atom stereocenters. The topological polar surface area (TPSA) is 130 Å². The average Bonchev–Trinajstić information content (AvgIpc) is 3.66. The average molecular weight is 593 g/mol. The molecule has 0 spiro atoms. The standard InChI is InChI=1S/C32H21ClN4O6/c1-19-14-26-31(42-18-22-17-36(35-34-22)28-13-12-23(37(40)41)15-27(28)33)24(29(38)20-8-4-2-5-9-20)16-25(32(26)43-19)30(39)21-10-6-3-7-11-21/h2-17H,18H2,1H3. The van der Waals surface area contributed by atoms with Gasteiger partial charge in [0.15, 0.2) is 11.6 Å². The number of aromatic nitrogens is 3. The van der Waals surface area contributed by atoms with Gasteiger partial charge in [0.1, 0.15) is 29.4 Å². The van der Waals surface area contributed by atoms with Crippen molar-refractivity contribution in [3.63, 3.8) is 0 Å². The summed E-state index contributed by atoms with van der Waals surface area (Å²) in [5.41, 5.74) is 2.22. The number of ether oxygens (including phenoxy) is 1. The van der Waals surface area contributed by atoms with E-state index in [1.807, 2.05) is 12.1 Å². The molecule has 0 fully saturated rings. The minimum atomic E-state index is -0.540. The van der Waals surface area contributed by atoms with E-state index in [1.165, 1.54) is 28.9 Å². The van der Waals surface area contributed by atoms with E-state index in [0.717, 1.165) is 0 Å². The van der Waals surface area contributed by atoms with Gasteiger partial charge in [-0.15, -0.1) is 5.10 Å². The number of ketones is 2. The van der Waals surface area contributed by atoms with E-state index in [2.05, 4.69) is 10.3 Å². The first-order valence-corrected chi connectivity index (χ1v) is 13.4. The fraction of sp³-hybridized carbons (Fsp3) is 0.0625. The second-order valence-electron chi connectivity index (χ2n) is 9.63. The maximum Gasteiger partial charge on any atom is 0.271 e. The Labute approximate surface area is 249 Å². The molecule has 4 aromatic carbocycles. The molecule has 11 heteroatoms. The fourth-order valence-corrected chi connectivity index (χ4v) is 4.97. The zero-order chi connectivity index (χ0) is 30.1. The number of hydrogen-bond donors (Lipinski definition) is 0. The Morgan fingerprint density at radius 2 is 1.58 bits per heavy atom. The second-order valence-corrected chi connectivity index (χ2v) is 10.0. The van der Waals surface area contributed by atoms with Crippen LogP contribution in [-0.4, -0.2) is 31.5 Å². The minimum Gasteiger partial charge on any atom is -0.486 e. The van der Waals surface area contributed by atoms with Gasteiger partial charge in [-0.1, -0.05) is 77.5 Å². The third-order valence-electron chi connectivity index (χ3n) is 6.73. The molecule has 2 heterocycles.